The molecular formula is C22H20ClN3O4S. The maximum absolute atomic E-state index is 13.1. The average Bonchev–Trinajstić information content (AvgIpc) is 3.18. The molecule has 9 heteroatoms. The Morgan fingerprint density at radius 2 is 1.81 bits per heavy atom. The normalized spacial score (nSPS) is 12.9. The Kier molecular flexibility index (Phi) is 5.75. The number of methoxy groups -OCH3 is 1. The molecule has 0 radical (unpaired) electrons. The molecule has 1 aliphatic heterocycles. The summed E-state index contributed by atoms with van der Waals surface area (Å²) in [7, 11) is -2.19. The topological polar surface area (TPSA) is 87.7 Å². The van der Waals surface area contributed by atoms with Crippen LogP contribution in [0.4, 0.5) is 21.9 Å². The summed E-state index contributed by atoms with van der Waals surface area (Å²) in [6.45, 7) is 0.349. The second-order valence-corrected chi connectivity index (χ2v) is 9.21. The van der Waals surface area contributed by atoms with Crippen LogP contribution in [0.2, 0.25) is 5.02 Å². The summed E-state index contributed by atoms with van der Waals surface area (Å²) in [4.78, 5) is 12.7. The van der Waals surface area contributed by atoms with Gasteiger partial charge < -0.3 is 15.4 Å². The summed E-state index contributed by atoms with van der Waals surface area (Å²) in [5.74, 6) is 0.466. The lowest BCUT2D eigenvalue weighted by Crippen LogP contribution is -2.29. The molecule has 0 atom stereocenters. The van der Waals surface area contributed by atoms with E-state index < -0.39 is 16.1 Å². The number of nitrogens with one attached hydrogen (secondary N) is 2. The van der Waals surface area contributed by atoms with Crippen LogP contribution in [0.3, 0.4) is 0 Å². The second-order valence-electron chi connectivity index (χ2n) is 6.91. The van der Waals surface area contributed by atoms with Gasteiger partial charge in [-0.25, -0.2) is 13.2 Å². The summed E-state index contributed by atoms with van der Waals surface area (Å²) >= 11 is 6.00. The lowest BCUT2D eigenvalue weighted by atomic mass is 10.1. The number of benzene rings is 3. The van der Waals surface area contributed by atoms with E-state index >= 15 is 0 Å². The van der Waals surface area contributed by atoms with E-state index in [9.17, 15) is 13.2 Å². The van der Waals surface area contributed by atoms with Gasteiger partial charge in [-0.1, -0.05) is 35.9 Å². The molecule has 0 aliphatic carbocycles. The molecule has 2 N–H and O–H groups in total. The summed E-state index contributed by atoms with van der Waals surface area (Å²) in [6, 6.07) is 17.9. The molecule has 2 amide bonds. The molecule has 31 heavy (non-hydrogen) atoms. The van der Waals surface area contributed by atoms with Crippen LogP contribution in [-0.2, 0) is 16.4 Å². The van der Waals surface area contributed by atoms with E-state index in [2.05, 4.69) is 10.6 Å². The van der Waals surface area contributed by atoms with Crippen molar-refractivity contribution in [2.45, 2.75) is 11.3 Å². The van der Waals surface area contributed by atoms with Crippen molar-refractivity contribution < 1.29 is 17.9 Å². The highest BCUT2D eigenvalue weighted by molar-refractivity contribution is 7.92. The molecule has 7 nitrogen and oxygen atoms in total. The minimum atomic E-state index is -3.69. The van der Waals surface area contributed by atoms with Crippen molar-refractivity contribution in [1.29, 1.82) is 0 Å². The number of fused-ring (bicyclic) bond motifs is 1. The molecule has 3 aromatic rings. The first kappa shape index (κ1) is 21.0. The number of amides is 2. The van der Waals surface area contributed by atoms with Crippen molar-refractivity contribution in [3.8, 4) is 5.75 Å². The Bertz CT molecular complexity index is 1230. The van der Waals surface area contributed by atoms with Crippen LogP contribution in [0.1, 0.15) is 5.56 Å². The molecule has 0 bridgehead atoms. The number of hydrogen-bond acceptors (Lipinski definition) is 4. The minimum Gasteiger partial charge on any atom is -0.495 e. The number of carbonyl (C=O) groups excluding carboxylic acids is 1. The zero-order valence-corrected chi connectivity index (χ0v) is 18.2. The van der Waals surface area contributed by atoms with Crippen LogP contribution in [0.15, 0.2) is 71.6 Å². The van der Waals surface area contributed by atoms with Crippen LogP contribution < -0.4 is 19.7 Å². The Morgan fingerprint density at radius 3 is 2.55 bits per heavy atom. The van der Waals surface area contributed by atoms with Crippen LogP contribution in [0.5, 0.6) is 5.75 Å². The fraction of sp³-hybridized carbons (Fsp3) is 0.136. The number of rotatable bonds is 5. The van der Waals surface area contributed by atoms with Gasteiger partial charge in [0.1, 0.15) is 5.75 Å². The van der Waals surface area contributed by atoms with E-state index in [0.717, 1.165) is 5.56 Å². The van der Waals surface area contributed by atoms with Gasteiger partial charge in [-0.3, -0.25) is 4.31 Å². The van der Waals surface area contributed by atoms with E-state index in [1.54, 1.807) is 60.7 Å². The van der Waals surface area contributed by atoms with Gasteiger partial charge in [0.2, 0.25) is 0 Å². The van der Waals surface area contributed by atoms with E-state index in [1.807, 2.05) is 6.07 Å². The van der Waals surface area contributed by atoms with Crippen molar-refractivity contribution in [1.82, 2.24) is 0 Å². The van der Waals surface area contributed by atoms with Gasteiger partial charge in [0.05, 0.1) is 23.4 Å². The zero-order chi connectivity index (χ0) is 22.0. The van der Waals surface area contributed by atoms with Crippen molar-refractivity contribution in [2.75, 3.05) is 28.6 Å². The highest BCUT2D eigenvalue weighted by Crippen LogP contribution is 2.35. The van der Waals surface area contributed by atoms with Crippen molar-refractivity contribution >= 4 is 44.7 Å². The monoisotopic (exact) mass is 457 g/mol. The van der Waals surface area contributed by atoms with Crippen molar-refractivity contribution in [3.05, 3.63) is 77.3 Å². The number of nitrogens with zero attached hydrogens (tertiary/aromatic N) is 1. The van der Waals surface area contributed by atoms with E-state index in [4.69, 9.17) is 16.3 Å². The van der Waals surface area contributed by atoms with Crippen LogP contribution in [0, 0.1) is 0 Å². The number of anilines is 3. The Balaban J connectivity index is 1.56. The SMILES string of the molecule is COc1ccc(Cl)cc1NC(=O)Nc1ccc2c(c1)N(S(=O)(=O)c1ccccc1)CC2. The number of carbonyl (C=O) groups is 1. The summed E-state index contributed by atoms with van der Waals surface area (Å²) < 4.78 is 32.8. The molecule has 160 valence electrons. The smallest absolute Gasteiger partial charge is 0.323 e. The Morgan fingerprint density at radius 1 is 1.03 bits per heavy atom. The van der Waals surface area contributed by atoms with Crippen LogP contribution in [-0.4, -0.2) is 28.1 Å². The minimum absolute atomic E-state index is 0.229. The average molecular weight is 458 g/mol. The van der Waals surface area contributed by atoms with Gasteiger partial charge in [-0.2, -0.15) is 0 Å². The number of halogens is 1. The van der Waals surface area contributed by atoms with Crippen molar-refractivity contribution in [2.24, 2.45) is 0 Å². The first-order valence-electron chi connectivity index (χ1n) is 9.51. The van der Waals surface area contributed by atoms with Gasteiger partial charge >= 0.3 is 6.03 Å². The predicted molar refractivity (Wildman–Crippen MR) is 122 cm³/mol. The lowest BCUT2D eigenvalue weighted by molar-refractivity contribution is 0.262. The molecular weight excluding hydrogens is 438 g/mol. The van der Waals surface area contributed by atoms with Crippen LogP contribution >= 0.6 is 11.6 Å². The zero-order valence-electron chi connectivity index (χ0n) is 16.6. The molecule has 3 aromatic carbocycles. The summed E-state index contributed by atoms with van der Waals surface area (Å²) in [5, 5.41) is 5.88. The number of hydrogen-bond donors (Lipinski definition) is 2. The van der Waals surface area contributed by atoms with E-state index in [-0.39, 0.29) is 4.90 Å². The van der Waals surface area contributed by atoms with Gasteiger partial charge in [-0.05, 0) is 54.4 Å². The maximum atomic E-state index is 13.1. The highest BCUT2D eigenvalue weighted by Gasteiger charge is 2.31. The second kappa shape index (κ2) is 8.49. The molecule has 0 unspecified atom stereocenters. The summed E-state index contributed by atoms with van der Waals surface area (Å²) in [6.07, 6.45) is 0.605. The molecule has 0 spiro atoms. The molecule has 1 heterocycles. The number of ether oxygens (including phenoxy) is 1. The van der Waals surface area contributed by atoms with Crippen LogP contribution in [0.25, 0.3) is 0 Å². The molecule has 0 saturated heterocycles. The summed E-state index contributed by atoms with van der Waals surface area (Å²) in [5.41, 5.74) is 2.35. The van der Waals surface area contributed by atoms with E-state index in [1.165, 1.54) is 11.4 Å². The Hall–Kier alpha value is -3.23. The third kappa shape index (κ3) is 4.30. The Labute approximate surface area is 185 Å². The third-order valence-electron chi connectivity index (χ3n) is 4.94. The lowest BCUT2D eigenvalue weighted by Gasteiger charge is -2.20. The van der Waals surface area contributed by atoms with E-state index in [0.29, 0.717) is 40.8 Å². The molecule has 0 fully saturated rings. The fourth-order valence-corrected chi connectivity index (χ4v) is 5.15. The van der Waals surface area contributed by atoms with Crippen molar-refractivity contribution in [3.63, 3.8) is 0 Å². The largest absolute Gasteiger partial charge is 0.495 e. The number of sulfonamides is 1. The standard InChI is InChI=1S/C22H20ClN3O4S/c1-30-21-10-8-16(23)13-19(21)25-22(27)24-17-9-7-15-11-12-26(20(15)14-17)31(28,29)18-5-3-2-4-6-18/h2-10,13-14H,11-12H2,1H3,(H2,24,25,27). The van der Waals surface area contributed by atoms with Gasteiger partial charge in [0.25, 0.3) is 10.0 Å². The molecule has 4 rings (SSSR count). The first-order valence-corrected chi connectivity index (χ1v) is 11.3. The van der Waals surface area contributed by atoms with Gasteiger partial charge in [0.15, 0.2) is 0 Å². The molecule has 0 aromatic heterocycles. The van der Waals surface area contributed by atoms with Gasteiger partial charge in [0, 0.05) is 17.3 Å². The first-order chi connectivity index (χ1) is 14.9. The predicted octanol–water partition coefficient (Wildman–Crippen LogP) is 4.74. The highest BCUT2D eigenvalue weighted by atomic mass is 35.5. The fourth-order valence-electron chi connectivity index (χ4n) is 3.46. The molecule has 1 aliphatic rings. The maximum Gasteiger partial charge on any atom is 0.323 e. The third-order valence-corrected chi connectivity index (χ3v) is 7.00. The van der Waals surface area contributed by atoms with Gasteiger partial charge in [-0.15, -0.1) is 0 Å². The quantitative estimate of drug-likeness (QED) is 0.579. The number of urea groups is 1. The molecule has 0 saturated carbocycles.